The summed E-state index contributed by atoms with van der Waals surface area (Å²) < 4.78 is 19.8. The number of isocyanates is 1. The molecule has 0 radical (unpaired) electrons. The van der Waals surface area contributed by atoms with Gasteiger partial charge in [0, 0.05) is 47.9 Å². The number of benzene rings is 1. The second-order valence-electron chi connectivity index (χ2n) is 4.30. The first-order valence-electron chi connectivity index (χ1n) is 7.09. The number of nitrogens with one attached hydrogen (secondary N) is 2. The third kappa shape index (κ3) is 6.98. The van der Waals surface area contributed by atoms with Crippen molar-refractivity contribution in [1.29, 1.82) is 0 Å². The van der Waals surface area contributed by atoms with E-state index < -0.39 is 0 Å². The molecule has 0 bridgehead atoms. The van der Waals surface area contributed by atoms with Crippen molar-refractivity contribution in [2.75, 3.05) is 46.5 Å². The molecular weight excluding hydrogens is 368 g/mol. The van der Waals surface area contributed by atoms with Gasteiger partial charge in [-0.3, -0.25) is 4.34 Å². The van der Waals surface area contributed by atoms with Crippen LogP contribution in [0.4, 0.5) is 5.69 Å². The van der Waals surface area contributed by atoms with Crippen LogP contribution in [0.2, 0.25) is 0 Å². The minimum Gasteiger partial charge on any atom is -0.488 e. The number of likely N-dealkylation sites (N-methyl/N-ethyl adjacent to an activating group) is 1. The van der Waals surface area contributed by atoms with Gasteiger partial charge in [-0.05, 0) is 7.05 Å². The molecule has 0 amide bonds. The van der Waals surface area contributed by atoms with E-state index in [9.17, 15) is 4.79 Å². The van der Waals surface area contributed by atoms with E-state index in [-0.39, 0.29) is 0 Å². The van der Waals surface area contributed by atoms with Gasteiger partial charge in [-0.1, -0.05) is 0 Å². The lowest BCUT2D eigenvalue weighted by molar-refractivity contribution is 0.249. The summed E-state index contributed by atoms with van der Waals surface area (Å²) in [5, 5.41) is 2.98. The molecule has 0 unspecified atom stereocenters. The second-order valence-corrected chi connectivity index (χ2v) is 4.86. The minimum atomic E-state index is 0.303. The molecule has 0 aliphatic rings. The van der Waals surface area contributed by atoms with Crippen molar-refractivity contribution in [3.63, 3.8) is 0 Å². The van der Waals surface area contributed by atoms with Crippen molar-refractivity contribution in [2.45, 2.75) is 0 Å². The zero-order valence-corrected chi connectivity index (χ0v) is 14.5. The van der Waals surface area contributed by atoms with Crippen LogP contribution in [0.15, 0.2) is 17.1 Å². The maximum atomic E-state index is 10.5. The lowest BCUT2D eigenvalue weighted by atomic mass is 10.2. The van der Waals surface area contributed by atoms with Crippen molar-refractivity contribution in [3.8, 4) is 17.2 Å². The van der Waals surface area contributed by atoms with Crippen LogP contribution in [-0.2, 0) is 4.79 Å². The van der Waals surface area contributed by atoms with Crippen LogP contribution in [0.1, 0.15) is 0 Å². The van der Waals surface area contributed by atoms with Crippen molar-refractivity contribution in [2.24, 2.45) is 10.7 Å². The predicted octanol–water partition coefficient (Wildman–Crippen LogP) is 0.868. The van der Waals surface area contributed by atoms with Gasteiger partial charge in [0.2, 0.25) is 11.8 Å². The van der Waals surface area contributed by atoms with Gasteiger partial charge >= 0.3 is 0 Å². The summed E-state index contributed by atoms with van der Waals surface area (Å²) in [4.78, 5) is 14.1. The van der Waals surface area contributed by atoms with E-state index in [1.54, 1.807) is 12.1 Å². The minimum absolute atomic E-state index is 0.303. The molecule has 4 N–H and O–H groups in total. The highest BCUT2D eigenvalue weighted by Gasteiger charge is 2.15. The Morgan fingerprint density at radius 3 is 2.39 bits per heavy atom. The lowest BCUT2D eigenvalue weighted by Gasteiger charge is -2.17. The SMILES string of the molecule is CNCCOc1cc(N=C=O)cc(OCCN)c1OCCNBr. The summed E-state index contributed by atoms with van der Waals surface area (Å²) in [7, 11) is 1.82. The lowest BCUT2D eigenvalue weighted by Crippen LogP contribution is -2.17. The van der Waals surface area contributed by atoms with E-state index in [2.05, 4.69) is 30.8 Å². The maximum absolute atomic E-state index is 10.5. The highest BCUT2D eigenvalue weighted by molar-refractivity contribution is 9.08. The van der Waals surface area contributed by atoms with Gasteiger partial charge in [0.25, 0.3) is 0 Å². The molecule has 9 heteroatoms. The van der Waals surface area contributed by atoms with Crippen LogP contribution >= 0.6 is 16.1 Å². The first kappa shape index (κ1) is 19.4. The zero-order valence-electron chi connectivity index (χ0n) is 12.9. The van der Waals surface area contributed by atoms with Gasteiger partial charge in [0.1, 0.15) is 19.8 Å². The van der Waals surface area contributed by atoms with Gasteiger partial charge in [0.15, 0.2) is 11.5 Å². The van der Waals surface area contributed by atoms with Crippen LogP contribution in [0.5, 0.6) is 17.2 Å². The Labute approximate surface area is 143 Å². The van der Waals surface area contributed by atoms with Crippen LogP contribution < -0.4 is 29.6 Å². The van der Waals surface area contributed by atoms with Gasteiger partial charge in [-0.2, -0.15) is 4.99 Å². The molecule has 1 aromatic carbocycles. The van der Waals surface area contributed by atoms with Crippen LogP contribution in [0, 0.1) is 0 Å². The number of carbonyl (C=O) groups excluding carboxylic acids is 1. The first-order valence-corrected chi connectivity index (χ1v) is 7.88. The molecular formula is C14H21BrN4O4. The molecule has 0 saturated carbocycles. The Morgan fingerprint density at radius 1 is 1.17 bits per heavy atom. The quantitative estimate of drug-likeness (QED) is 0.211. The molecule has 0 atom stereocenters. The second kappa shape index (κ2) is 11.9. The van der Waals surface area contributed by atoms with Gasteiger partial charge in [0.05, 0.1) is 5.69 Å². The average molecular weight is 389 g/mol. The van der Waals surface area contributed by atoms with Crippen LogP contribution in [0.25, 0.3) is 0 Å². The van der Waals surface area contributed by atoms with Crippen molar-refractivity contribution < 1.29 is 19.0 Å². The Balaban J connectivity index is 3.10. The van der Waals surface area contributed by atoms with E-state index in [0.29, 0.717) is 62.4 Å². The largest absolute Gasteiger partial charge is 0.488 e. The molecule has 0 spiro atoms. The number of nitrogens with two attached hydrogens (primary N) is 1. The standard InChI is InChI=1S/C14H21BrN4O4/c1-17-3-6-22-13-9-11(18-10-20)8-12(21-5-2-16)14(13)23-7-4-19-15/h8-9,17,19H,2-7,16H2,1H3. The summed E-state index contributed by atoms with van der Waals surface area (Å²) in [5.74, 6) is 1.31. The molecule has 1 rings (SSSR count). The number of ether oxygens (including phenoxy) is 3. The van der Waals surface area contributed by atoms with E-state index in [4.69, 9.17) is 19.9 Å². The monoisotopic (exact) mass is 388 g/mol. The third-order valence-corrected chi connectivity index (χ3v) is 3.00. The molecule has 0 aliphatic carbocycles. The maximum Gasteiger partial charge on any atom is 0.240 e. The molecule has 1 aromatic rings. The Kier molecular flexibility index (Phi) is 10.0. The topological polar surface area (TPSA) is 107 Å². The van der Waals surface area contributed by atoms with Crippen LogP contribution in [0.3, 0.4) is 0 Å². The fourth-order valence-corrected chi connectivity index (χ4v) is 1.82. The summed E-state index contributed by atoms with van der Waals surface area (Å²) in [6.45, 7) is 2.71. The number of nitrogens with zero attached hydrogens (tertiary/aromatic N) is 1. The Morgan fingerprint density at radius 2 is 1.83 bits per heavy atom. The summed E-state index contributed by atoms with van der Waals surface area (Å²) in [5.41, 5.74) is 5.85. The average Bonchev–Trinajstić information content (AvgIpc) is 2.55. The number of hydrogen-bond acceptors (Lipinski definition) is 8. The fourth-order valence-electron chi connectivity index (χ4n) is 1.66. The highest BCUT2D eigenvalue weighted by atomic mass is 79.9. The molecule has 8 nitrogen and oxygen atoms in total. The fraction of sp³-hybridized carbons (Fsp3) is 0.500. The van der Waals surface area contributed by atoms with E-state index in [1.807, 2.05) is 7.05 Å². The molecule has 0 aromatic heterocycles. The van der Waals surface area contributed by atoms with E-state index >= 15 is 0 Å². The normalized spacial score (nSPS) is 10.0. The molecule has 0 fully saturated rings. The van der Waals surface area contributed by atoms with Crippen molar-refractivity contribution in [3.05, 3.63) is 12.1 Å². The predicted molar refractivity (Wildman–Crippen MR) is 90.6 cm³/mol. The first-order chi connectivity index (χ1) is 11.3. The number of aliphatic imine (C=N–C) groups is 1. The third-order valence-electron chi connectivity index (χ3n) is 2.61. The van der Waals surface area contributed by atoms with Crippen molar-refractivity contribution >= 4 is 27.9 Å². The number of hydrogen-bond donors (Lipinski definition) is 3. The Bertz CT molecular complexity index is 524. The summed E-state index contributed by atoms with van der Waals surface area (Å²) >= 11 is 3.11. The van der Waals surface area contributed by atoms with Gasteiger partial charge < -0.3 is 25.3 Å². The molecule has 128 valence electrons. The number of rotatable bonds is 12. The summed E-state index contributed by atoms with van der Waals surface area (Å²) in [6, 6.07) is 3.19. The number of halogens is 1. The van der Waals surface area contributed by atoms with E-state index in [1.165, 1.54) is 6.08 Å². The van der Waals surface area contributed by atoms with Crippen molar-refractivity contribution in [1.82, 2.24) is 9.66 Å². The van der Waals surface area contributed by atoms with Gasteiger partial charge in [-0.15, -0.1) is 0 Å². The summed E-state index contributed by atoms with van der Waals surface area (Å²) in [6.07, 6.45) is 1.50. The van der Waals surface area contributed by atoms with E-state index in [0.717, 1.165) is 0 Å². The molecule has 23 heavy (non-hydrogen) atoms. The smallest absolute Gasteiger partial charge is 0.240 e. The molecule has 0 heterocycles. The van der Waals surface area contributed by atoms with Gasteiger partial charge in [-0.25, -0.2) is 4.79 Å². The Hall–Kier alpha value is -1.64. The zero-order chi connectivity index (χ0) is 16.9. The molecule has 0 aliphatic heterocycles. The molecule has 0 saturated heterocycles. The highest BCUT2D eigenvalue weighted by Crippen LogP contribution is 2.41. The van der Waals surface area contributed by atoms with Crippen LogP contribution in [-0.4, -0.2) is 52.6 Å².